The molecule has 0 bridgehead atoms. The van der Waals surface area contributed by atoms with Crippen LogP contribution in [0.5, 0.6) is 0 Å². The number of hydrogen-bond donors (Lipinski definition) is 1. The van der Waals surface area contributed by atoms with Gasteiger partial charge in [0.05, 0.1) is 24.9 Å². The Hall–Kier alpha value is -0.610. The molecule has 2 rings (SSSR count). The molecule has 4 nitrogen and oxygen atoms in total. The van der Waals surface area contributed by atoms with Crippen molar-refractivity contribution >= 4 is 5.91 Å². The van der Waals surface area contributed by atoms with Crippen molar-refractivity contribution in [3.63, 3.8) is 0 Å². The number of nitrogens with zero attached hydrogens (tertiary/aromatic N) is 1. The van der Waals surface area contributed by atoms with Gasteiger partial charge in [0.15, 0.2) is 0 Å². The quantitative estimate of drug-likeness (QED) is 0.789. The summed E-state index contributed by atoms with van der Waals surface area (Å²) in [5.41, 5.74) is -0.0586. The van der Waals surface area contributed by atoms with E-state index in [0.29, 0.717) is 12.5 Å². The molecule has 4 heteroatoms. The smallest absolute Gasteiger partial charge is 0.237 e. The van der Waals surface area contributed by atoms with Crippen LogP contribution in [0.15, 0.2) is 0 Å². The fraction of sp³-hybridized carbons (Fsp3) is 0.923. The number of carbonyl (C=O) groups excluding carboxylic acids is 1. The fourth-order valence-corrected chi connectivity index (χ4v) is 2.75. The number of methoxy groups -OCH3 is 1. The molecule has 17 heavy (non-hydrogen) atoms. The molecule has 2 aliphatic rings. The molecule has 98 valence electrons. The monoisotopic (exact) mass is 240 g/mol. The summed E-state index contributed by atoms with van der Waals surface area (Å²) in [4.78, 5) is 13.9. The van der Waals surface area contributed by atoms with E-state index in [1.165, 1.54) is 6.42 Å². The lowest BCUT2D eigenvalue weighted by atomic mass is 9.79. The predicted octanol–water partition coefficient (Wildman–Crippen LogP) is 1.36. The molecule has 1 saturated carbocycles. The average molecular weight is 240 g/mol. The Morgan fingerprint density at radius 2 is 2.24 bits per heavy atom. The van der Waals surface area contributed by atoms with E-state index in [4.69, 9.17) is 4.74 Å². The van der Waals surface area contributed by atoms with Crippen molar-refractivity contribution in [3.8, 4) is 0 Å². The van der Waals surface area contributed by atoms with Crippen LogP contribution in [-0.4, -0.2) is 42.8 Å². The van der Waals surface area contributed by atoms with E-state index >= 15 is 0 Å². The Bertz CT molecular complexity index is 282. The van der Waals surface area contributed by atoms with Crippen molar-refractivity contribution in [2.75, 3.05) is 20.2 Å². The summed E-state index contributed by atoms with van der Waals surface area (Å²) in [6.45, 7) is 5.63. The number of nitrogens with one attached hydrogen (secondary N) is 1. The first kappa shape index (κ1) is 12.8. The molecule has 1 heterocycles. The molecule has 0 aromatic rings. The van der Waals surface area contributed by atoms with Gasteiger partial charge in [0.2, 0.25) is 5.91 Å². The van der Waals surface area contributed by atoms with Gasteiger partial charge in [0.25, 0.3) is 0 Å². The van der Waals surface area contributed by atoms with Crippen molar-refractivity contribution in [2.24, 2.45) is 5.92 Å². The molecule has 0 spiro atoms. The third-order valence-electron chi connectivity index (χ3n) is 4.04. The third-order valence-corrected chi connectivity index (χ3v) is 4.04. The molecule has 1 atom stereocenters. The standard InChI is InChI=1S/C13H24N2O2/c1-10(2)7-11-14-8-12(16)15(11)9-13(17-3)5-4-6-13/h10-11,14H,4-9H2,1-3H3. The van der Waals surface area contributed by atoms with Crippen LogP contribution < -0.4 is 5.32 Å². The summed E-state index contributed by atoms with van der Waals surface area (Å²) in [6, 6.07) is 0. The van der Waals surface area contributed by atoms with Gasteiger partial charge >= 0.3 is 0 Å². The van der Waals surface area contributed by atoms with Crippen LogP contribution >= 0.6 is 0 Å². The summed E-state index contributed by atoms with van der Waals surface area (Å²) < 4.78 is 5.62. The molecule has 1 aliphatic carbocycles. The lowest BCUT2D eigenvalue weighted by Gasteiger charge is -2.44. The van der Waals surface area contributed by atoms with Gasteiger partial charge in [-0.1, -0.05) is 13.8 Å². The summed E-state index contributed by atoms with van der Waals surface area (Å²) in [6.07, 6.45) is 4.61. The highest BCUT2D eigenvalue weighted by Crippen LogP contribution is 2.36. The van der Waals surface area contributed by atoms with Gasteiger partial charge in [-0.25, -0.2) is 0 Å². The van der Waals surface area contributed by atoms with Crippen LogP contribution in [0.2, 0.25) is 0 Å². The zero-order valence-corrected chi connectivity index (χ0v) is 11.2. The number of carbonyl (C=O) groups is 1. The molecule has 0 aromatic heterocycles. The predicted molar refractivity (Wildman–Crippen MR) is 66.5 cm³/mol. The minimum atomic E-state index is -0.0586. The van der Waals surface area contributed by atoms with Crippen LogP contribution in [0.25, 0.3) is 0 Å². The molecule has 1 N–H and O–H groups in total. The topological polar surface area (TPSA) is 41.6 Å². The van der Waals surface area contributed by atoms with E-state index in [0.717, 1.165) is 25.8 Å². The summed E-state index contributed by atoms with van der Waals surface area (Å²) in [5, 5.41) is 3.30. The molecule has 1 aliphatic heterocycles. The molecule has 0 aromatic carbocycles. The van der Waals surface area contributed by atoms with Gasteiger partial charge < -0.3 is 9.64 Å². The van der Waals surface area contributed by atoms with Crippen molar-refractivity contribution < 1.29 is 9.53 Å². The molecular weight excluding hydrogens is 216 g/mol. The third kappa shape index (κ3) is 2.63. The maximum atomic E-state index is 11.9. The molecule has 2 fully saturated rings. The second-order valence-corrected chi connectivity index (χ2v) is 5.79. The number of hydrogen-bond acceptors (Lipinski definition) is 3. The maximum Gasteiger partial charge on any atom is 0.237 e. The SMILES string of the molecule is COC1(CN2C(=O)CNC2CC(C)C)CCC1. The van der Waals surface area contributed by atoms with Crippen LogP contribution in [0.3, 0.4) is 0 Å². The van der Waals surface area contributed by atoms with E-state index in [1.54, 1.807) is 7.11 Å². The fourth-order valence-electron chi connectivity index (χ4n) is 2.75. The minimum Gasteiger partial charge on any atom is -0.376 e. The van der Waals surface area contributed by atoms with Crippen LogP contribution in [0.1, 0.15) is 39.5 Å². The zero-order valence-electron chi connectivity index (χ0n) is 11.2. The van der Waals surface area contributed by atoms with Crippen molar-refractivity contribution in [1.29, 1.82) is 0 Å². The van der Waals surface area contributed by atoms with Crippen LogP contribution in [0, 0.1) is 5.92 Å². The Kier molecular flexibility index (Phi) is 3.73. The molecular formula is C13H24N2O2. The van der Waals surface area contributed by atoms with Crippen molar-refractivity contribution in [2.45, 2.75) is 51.3 Å². The van der Waals surface area contributed by atoms with Gasteiger partial charge in [0.1, 0.15) is 0 Å². The lowest BCUT2D eigenvalue weighted by molar-refractivity contribution is -0.139. The van der Waals surface area contributed by atoms with Gasteiger partial charge in [-0.15, -0.1) is 0 Å². The lowest BCUT2D eigenvalue weighted by Crippen LogP contribution is -2.53. The highest BCUT2D eigenvalue weighted by molar-refractivity contribution is 5.80. The van der Waals surface area contributed by atoms with Crippen LogP contribution in [0.4, 0.5) is 0 Å². The van der Waals surface area contributed by atoms with Gasteiger partial charge in [0, 0.05) is 7.11 Å². The van der Waals surface area contributed by atoms with E-state index in [-0.39, 0.29) is 17.7 Å². The first-order chi connectivity index (χ1) is 8.06. The zero-order chi connectivity index (χ0) is 12.5. The summed E-state index contributed by atoms with van der Waals surface area (Å²) in [7, 11) is 1.77. The van der Waals surface area contributed by atoms with Crippen molar-refractivity contribution in [3.05, 3.63) is 0 Å². The molecule has 1 saturated heterocycles. The van der Waals surface area contributed by atoms with E-state index in [9.17, 15) is 4.79 Å². The maximum absolute atomic E-state index is 11.9. The normalized spacial score (nSPS) is 27.6. The van der Waals surface area contributed by atoms with Gasteiger partial charge in [-0.2, -0.15) is 0 Å². The van der Waals surface area contributed by atoms with Gasteiger partial charge in [-0.3, -0.25) is 10.1 Å². The highest BCUT2D eigenvalue weighted by Gasteiger charge is 2.43. The minimum absolute atomic E-state index is 0.0586. The second-order valence-electron chi connectivity index (χ2n) is 5.79. The van der Waals surface area contributed by atoms with E-state index < -0.39 is 0 Å². The second kappa shape index (κ2) is 4.94. The Labute approximate surface area is 104 Å². The van der Waals surface area contributed by atoms with Gasteiger partial charge in [-0.05, 0) is 31.6 Å². The molecule has 1 unspecified atom stereocenters. The summed E-state index contributed by atoms with van der Waals surface area (Å²) in [5.74, 6) is 0.819. The van der Waals surface area contributed by atoms with E-state index in [1.807, 2.05) is 4.90 Å². The largest absolute Gasteiger partial charge is 0.376 e. The molecule has 1 amide bonds. The molecule has 0 radical (unpaired) electrons. The number of ether oxygens (including phenoxy) is 1. The first-order valence-corrected chi connectivity index (χ1v) is 6.64. The Balaban J connectivity index is 1.98. The Morgan fingerprint density at radius 3 is 2.71 bits per heavy atom. The average Bonchev–Trinajstić information content (AvgIpc) is 2.54. The summed E-state index contributed by atoms with van der Waals surface area (Å²) >= 11 is 0. The van der Waals surface area contributed by atoms with E-state index in [2.05, 4.69) is 19.2 Å². The number of amides is 1. The van der Waals surface area contributed by atoms with Crippen LogP contribution in [-0.2, 0) is 9.53 Å². The number of rotatable bonds is 5. The van der Waals surface area contributed by atoms with Crippen molar-refractivity contribution in [1.82, 2.24) is 10.2 Å². The Morgan fingerprint density at radius 1 is 1.53 bits per heavy atom. The first-order valence-electron chi connectivity index (χ1n) is 6.64. The highest BCUT2D eigenvalue weighted by atomic mass is 16.5.